The van der Waals surface area contributed by atoms with Gasteiger partial charge in [0.2, 0.25) is 0 Å². The van der Waals surface area contributed by atoms with Crippen molar-refractivity contribution in [2.24, 2.45) is 0 Å². The molecule has 172 valence electrons. The number of carbonyl (C=O) groups is 4. The maximum absolute atomic E-state index is 13.1. The van der Waals surface area contributed by atoms with E-state index in [2.05, 4.69) is 26.0 Å². The van der Waals surface area contributed by atoms with Crippen molar-refractivity contribution in [1.82, 2.24) is 5.32 Å². The molecule has 3 rings (SSSR count). The summed E-state index contributed by atoms with van der Waals surface area (Å²) in [6, 6.07) is 8.03. The lowest BCUT2D eigenvalue weighted by molar-refractivity contribution is -0.122. The Balaban J connectivity index is 1.99. The van der Waals surface area contributed by atoms with Crippen molar-refractivity contribution in [2.45, 2.75) is 20.0 Å². The summed E-state index contributed by atoms with van der Waals surface area (Å²) in [5.41, 5.74) is 0.656. The number of barbiturate groups is 1. The molecule has 9 nitrogen and oxygen atoms in total. The molecular weight excluding hydrogens is 496 g/mol. The number of rotatable bonds is 6. The summed E-state index contributed by atoms with van der Waals surface area (Å²) in [5.74, 6) is -1.31. The fourth-order valence-electron chi connectivity index (χ4n) is 3.10. The summed E-state index contributed by atoms with van der Waals surface area (Å²) in [5, 5.41) is 2.16. The fourth-order valence-corrected chi connectivity index (χ4v) is 3.65. The molecule has 1 aliphatic heterocycles. The Labute approximate surface area is 198 Å². The van der Waals surface area contributed by atoms with Gasteiger partial charge in [0.15, 0.2) is 11.5 Å². The van der Waals surface area contributed by atoms with E-state index in [-0.39, 0.29) is 22.9 Å². The third-order valence-corrected chi connectivity index (χ3v) is 5.15. The highest BCUT2D eigenvalue weighted by molar-refractivity contribution is 9.10. The summed E-state index contributed by atoms with van der Waals surface area (Å²) in [7, 11) is 2.72. The summed E-state index contributed by atoms with van der Waals surface area (Å²) in [4.78, 5) is 50.4. The molecule has 10 heteroatoms. The van der Waals surface area contributed by atoms with Crippen LogP contribution in [-0.4, -0.2) is 44.1 Å². The van der Waals surface area contributed by atoms with Crippen LogP contribution in [0, 0.1) is 0 Å². The number of hydrogen-bond donors (Lipinski definition) is 1. The van der Waals surface area contributed by atoms with Gasteiger partial charge in [0.05, 0.1) is 36.0 Å². The number of imide groups is 2. The number of ether oxygens (including phenoxy) is 3. The highest BCUT2D eigenvalue weighted by atomic mass is 79.9. The molecule has 0 saturated carbocycles. The molecule has 1 N–H and O–H groups in total. The van der Waals surface area contributed by atoms with Crippen molar-refractivity contribution >= 4 is 51.5 Å². The average Bonchev–Trinajstić information content (AvgIpc) is 2.77. The zero-order chi connectivity index (χ0) is 24.3. The highest BCUT2D eigenvalue weighted by Crippen LogP contribution is 2.38. The van der Waals surface area contributed by atoms with Gasteiger partial charge in [-0.05, 0) is 77.8 Å². The molecular formula is C23H21BrN2O7. The Bertz CT molecular complexity index is 1160. The minimum atomic E-state index is -0.896. The average molecular weight is 517 g/mol. The van der Waals surface area contributed by atoms with Crippen molar-refractivity contribution in [3.05, 3.63) is 57.6 Å². The molecule has 0 unspecified atom stereocenters. The lowest BCUT2D eigenvalue weighted by Crippen LogP contribution is -2.54. The van der Waals surface area contributed by atoms with E-state index >= 15 is 0 Å². The SMILES string of the molecule is COC(=O)c1ccc(N2C(=O)NC(=O)/C(=C\c3cc(Br)c(OC(C)C)c(OC)c3)C2=O)cc1. The molecule has 1 fully saturated rings. The van der Waals surface area contributed by atoms with Gasteiger partial charge >= 0.3 is 12.0 Å². The first-order valence-electron chi connectivity index (χ1n) is 9.80. The van der Waals surface area contributed by atoms with Crippen LogP contribution in [0.25, 0.3) is 6.08 Å². The molecule has 33 heavy (non-hydrogen) atoms. The van der Waals surface area contributed by atoms with E-state index < -0.39 is 23.8 Å². The molecule has 0 aromatic heterocycles. The second-order valence-corrected chi connectivity index (χ2v) is 8.05. The second kappa shape index (κ2) is 9.86. The number of hydrogen-bond acceptors (Lipinski definition) is 7. The van der Waals surface area contributed by atoms with Crippen LogP contribution in [0.3, 0.4) is 0 Å². The van der Waals surface area contributed by atoms with E-state index in [4.69, 9.17) is 9.47 Å². The number of carbonyl (C=O) groups excluding carboxylic acids is 4. The lowest BCUT2D eigenvalue weighted by atomic mass is 10.1. The van der Waals surface area contributed by atoms with Crippen LogP contribution in [0.1, 0.15) is 29.8 Å². The fraction of sp³-hybridized carbons (Fsp3) is 0.217. The topological polar surface area (TPSA) is 111 Å². The first-order valence-corrected chi connectivity index (χ1v) is 10.6. The van der Waals surface area contributed by atoms with Crippen LogP contribution in [0.15, 0.2) is 46.4 Å². The number of esters is 1. The van der Waals surface area contributed by atoms with Gasteiger partial charge in [0.1, 0.15) is 5.57 Å². The molecule has 1 aliphatic rings. The standard InChI is InChI=1S/C23H21BrN2O7/c1-12(2)33-19-17(24)10-13(11-18(19)31-3)9-16-20(27)25-23(30)26(21(16)28)15-7-5-14(6-8-15)22(29)32-4/h5-12H,1-4H3,(H,25,27,30)/b16-9+. The first kappa shape index (κ1) is 24.0. The van der Waals surface area contributed by atoms with Crippen molar-refractivity contribution < 1.29 is 33.4 Å². The van der Waals surface area contributed by atoms with Crippen molar-refractivity contribution in [3.63, 3.8) is 0 Å². The van der Waals surface area contributed by atoms with E-state index in [0.29, 0.717) is 21.5 Å². The van der Waals surface area contributed by atoms with Crippen LogP contribution in [0.2, 0.25) is 0 Å². The third kappa shape index (κ3) is 5.06. The van der Waals surface area contributed by atoms with Crippen LogP contribution >= 0.6 is 15.9 Å². The number of amides is 4. The van der Waals surface area contributed by atoms with Crippen molar-refractivity contribution in [1.29, 1.82) is 0 Å². The van der Waals surface area contributed by atoms with E-state index in [1.54, 1.807) is 12.1 Å². The third-order valence-electron chi connectivity index (χ3n) is 4.56. The van der Waals surface area contributed by atoms with Crippen LogP contribution < -0.4 is 19.7 Å². The minimum absolute atomic E-state index is 0.102. The lowest BCUT2D eigenvalue weighted by Gasteiger charge is -2.26. The molecule has 0 aliphatic carbocycles. The van der Waals surface area contributed by atoms with E-state index in [1.807, 2.05) is 13.8 Å². The van der Waals surface area contributed by atoms with E-state index in [0.717, 1.165) is 4.90 Å². The zero-order valence-electron chi connectivity index (χ0n) is 18.3. The number of halogens is 1. The molecule has 0 atom stereocenters. The van der Waals surface area contributed by atoms with Crippen LogP contribution in [-0.2, 0) is 14.3 Å². The summed E-state index contributed by atoms with van der Waals surface area (Å²) < 4.78 is 16.3. The minimum Gasteiger partial charge on any atom is -0.493 e. The van der Waals surface area contributed by atoms with Gasteiger partial charge in [-0.2, -0.15) is 0 Å². The van der Waals surface area contributed by atoms with Crippen molar-refractivity contribution in [2.75, 3.05) is 19.1 Å². The predicted molar refractivity (Wildman–Crippen MR) is 123 cm³/mol. The Morgan fingerprint density at radius 1 is 1.09 bits per heavy atom. The van der Waals surface area contributed by atoms with Gasteiger partial charge in [0, 0.05) is 0 Å². The number of nitrogens with one attached hydrogen (secondary N) is 1. The first-order chi connectivity index (χ1) is 15.7. The maximum atomic E-state index is 13.1. The molecule has 2 aromatic rings. The number of benzene rings is 2. The summed E-state index contributed by atoms with van der Waals surface area (Å²) in [6.45, 7) is 3.74. The quantitative estimate of drug-likeness (QED) is 0.354. The molecule has 0 spiro atoms. The number of nitrogens with zero attached hydrogens (tertiary/aromatic N) is 1. The Morgan fingerprint density at radius 2 is 1.76 bits per heavy atom. The summed E-state index contributed by atoms with van der Waals surface area (Å²) in [6.07, 6.45) is 1.25. The Morgan fingerprint density at radius 3 is 2.33 bits per heavy atom. The molecule has 0 radical (unpaired) electrons. The molecule has 4 amide bonds. The van der Waals surface area contributed by atoms with E-state index in [9.17, 15) is 19.2 Å². The second-order valence-electron chi connectivity index (χ2n) is 7.20. The molecule has 1 saturated heterocycles. The molecule has 0 bridgehead atoms. The smallest absolute Gasteiger partial charge is 0.337 e. The van der Waals surface area contributed by atoms with Crippen molar-refractivity contribution in [3.8, 4) is 11.5 Å². The van der Waals surface area contributed by atoms with Gasteiger partial charge in [-0.1, -0.05) is 0 Å². The predicted octanol–water partition coefficient (Wildman–Crippen LogP) is 3.70. The largest absolute Gasteiger partial charge is 0.493 e. The number of urea groups is 1. The van der Waals surface area contributed by atoms with Crippen LogP contribution in [0.4, 0.5) is 10.5 Å². The maximum Gasteiger partial charge on any atom is 0.337 e. The monoisotopic (exact) mass is 516 g/mol. The highest BCUT2D eigenvalue weighted by Gasteiger charge is 2.37. The zero-order valence-corrected chi connectivity index (χ0v) is 19.9. The number of anilines is 1. The van der Waals surface area contributed by atoms with E-state index in [1.165, 1.54) is 44.6 Å². The Kier molecular flexibility index (Phi) is 7.17. The Hall–Kier alpha value is -3.66. The van der Waals surface area contributed by atoms with Gasteiger partial charge in [-0.25, -0.2) is 14.5 Å². The molecule has 2 aromatic carbocycles. The van der Waals surface area contributed by atoms with Gasteiger partial charge < -0.3 is 14.2 Å². The van der Waals surface area contributed by atoms with Gasteiger partial charge in [0.25, 0.3) is 11.8 Å². The summed E-state index contributed by atoms with van der Waals surface area (Å²) >= 11 is 3.42. The van der Waals surface area contributed by atoms with Gasteiger partial charge in [-0.3, -0.25) is 14.9 Å². The van der Waals surface area contributed by atoms with Crippen LogP contribution in [0.5, 0.6) is 11.5 Å². The molecule has 1 heterocycles. The van der Waals surface area contributed by atoms with Gasteiger partial charge in [-0.15, -0.1) is 0 Å². The number of methoxy groups -OCH3 is 2. The normalized spacial score (nSPS) is 15.0.